The molecule has 0 atom stereocenters. The highest BCUT2D eigenvalue weighted by molar-refractivity contribution is 5.77. The molecule has 0 radical (unpaired) electrons. The zero-order valence-corrected chi connectivity index (χ0v) is 12.2. The van der Waals surface area contributed by atoms with E-state index in [4.69, 9.17) is 0 Å². The zero-order valence-electron chi connectivity index (χ0n) is 12.2. The van der Waals surface area contributed by atoms with Gasteiger partial charge in [-0.2, -0.15) is 0 Å². The monoisotopic (exact) mass is 260 g/mol. The van der Waals surface area contributed by atoms with Gasteiger partial charge in [0.25, 0.3) is 0 Å². The van der Waals surface area contributed by atoms with Crippen LogP contribution in [0.4, 0.5) is 0 Å². The Kier molecular flexibility index (Phi) is 4.59. The quantitative estimate of drug-likeness (QED) is 0.852. The minimum Gasteiger partial charge on any atom is -0.335 e. The van der Waals surface area contributed by atoms with Gasteiger partial charge in [0.05, 0.1) is 0 Å². The molecule has 0 unspecified atom stereocenters. The molecular weight excluding hydrogens is 236 g/mol. The van der Waals surface area contributed by atoms with Crippen LogP contribution in [0.25, 0.3) is 0 Å². The number of carbonyl (C=O) groups excluding carboxylic acids is 1. The van der Waals surface area contributed by atoms with E-state index in [1.165, 1.54) is 16.7 Å². The summed E-state index contributed by atoms with van der Waals surface area (Å²) in [4.78, 5) is 14.3. The molecule has 0 heterocycles. The van der Waals surface area contributed by atoms with E-state index < -0.39 is 0 Å². The maximum atomic E-state index is 12.2. The fourth-order valence-electron chi connectivity index (χ4n) is 2.28. The molecule has 1 aliphatic rings. The van der Waals surface area contributed by atoms with Crippen LogP contribution in [-0.4, -0.2) is 30.4 Å². The van der Waals surface area contributed by atoms with Crippen molar-refractivity contribution in [2.45, 2.75) is 45.7 Å². The number of benzene rings is 1. The average Bonchev–Trinajstić information content (AvgIpc) is 3.21. The van der Waals surface area contributed by atoms with Gasteiger partial charge in [0.1, 0.15) is 0 Å². The first-order valence-corrected chi connectivity index (χ1v) is 7.12. The van der Waals surface area contributed by atoms with E-state index in [9.17, 15) is 4.79 Å². The Hall–Kier alpha value is -1.35. The fraction of sp³-hybridized carbons (Fsp3) is 0.562. The lowest BCUT2D eigenvalue weighted by Crippen LogP contribution is -2.34. The van der Waals surface area contributed by atoms with E-state index in [2.05, 4.69) is 42.3 Å². The van der Waals surface area contributed by atoms with Gasteiger partial charge in [-0.1, -0.05) is 18.2 Å². The van der Waals surface area contributed by atoms with Crippen molar-refractivity contribution in [1.82, 2.24) is 10.2 Å². The minimum absolute atomic E-state index is 0.273. The van der Waals surface area contributed by atoms with Crippen molar-refractivity contribution in [3.05, 3.63) is 34.9 Å². The molecule has 1 aromatic carbocycles. The molecule has 1 saturated carbocycles. The molecule has 3 nitrogen and oxygen atoms in total. The molecule has 2 rings (SSSR count). The number of aryl methyl sites for hydroxylation is 2. The van der Waals surface area contributed by atoms with Crippen molar-refractivity contribution in [1.29, 1.82) is 0 Å². The summed E-state index contributed by atoms with van der Waals surface area (Å²) < 4.78 is 0. The molecule has 0 saturated heterocycles. The van der Waals surface area contributed by atoms with Gasteiger partial charge in [-0.15, -0.1) is 0 Å². The lowest BCUT2D eigenvalue weighted by molar-refractivity contribution is -0.132. The Morgan fingerprint density at radius 1 is 1.32 bits per heavy atom. The van der Waals surface area contributed by atoms with E-state index in [-0.39, 0.29) is 5.91 Å². The first kappa shape index (κ1) is 14.1. The van der Waals surface area contributed by atoms with Crippen molar-refractivity contribution >= 4 is 5.91 Å². The normalized spacial score (nSPS) is 14.5. The van der Waals surface area contributed by atoms with Crippen molar-refractivity contribution < 1.29 is 4.79 Å². The Balaban J connectivity index is 2.03. The number of rotatable bonds is 6. The molecule has 19 heavy (non-hydrogen) atoms. The standard InChI is InChI=1S/C16H24N2O/c1-12-4-5-14(10-13(12)2)11-18(15-6-7-15)16(19)8-9-17-3/h4-5,10,15,17H,6-9,11H2,1-3H3. The van der Waals surface area contributed by atoms with E-state index in [0.29, 0.717) is 12.5 Å². The summed E-state index contributed by atoms with van der Waals surface area (Å²) in [7, 11) is 1.89. The topological polar surface area (TPSA) is 32.3 Å². The third-order valence-corrected chi connectivity index (χ3v) is 3.82. The maximum Gasteiger partial charge on any atom is 0.224 e. The van der Waals surface area contributed by atoms with E-state index in [1.807, 2.05) is 7.05 Å². The van der Waals surface area contributed by atoms with E-state index >= 15 is 0 Å². The summed E-state index contributed by atoms with van der Waals surface area (Å²) >= 11 is 0. The van der Waals surface area contributed by atoms with Crippen LogP contribution in [-0.2, 0) is 11.3 Å². The van der Waals surface area contributed by atoms with Gasteiger partial charge >= 0.3 is 0 Å². The molecule has 3 heteroatoms. The molecule has 1 N–H and O–H groups in total. The summed E-state index contributed by atoms with van der Waals surface area (Å²) in [5.74, 6) is 0.273. The van der Waals surface area contributed by atoms with Crippen LogP contribution in [0.5, 0.6) is 0 Å². The second kappa shape index (κ2) is 6.20. The predicted molar refractivity (Wildman–Crippen MR) is 78.0 cm³/mol. The molecule has 0 bridgehead atoms. The van der Waals surface area contributed by atoms with Crippen LogP contribution in [0.2, 0.25) is 0 Å². The number of nitrogens with one attached hydrogen (secondary N) is 1. The highest BCUT2D eigenvalue weighted by Gasteiger charge is 2.32. The van der Waals surface area contributed by atoms with Crippen molar-refractivity contribution in [3.8, 4) is 0 Å². The third-order valence-electron chi connectivity index (χ3n) is 3.82. The molecule has 1 amide bonds. The second-order valence-electron chi connectivity index (χ2n) is 5.52. The summed E-state index contributed by atoms with van der Waals surface area (Å²) in [5, 5.41) is 3.05. The first-order chi connectivity index (χ1) is 9.11. The number of hydrogen-bond acceptors (Lipinski definition) is 2. The Labute approximate surface area is 116 Å². The summed E-state index contributed by atoms with van der Waals surface area (Å²) in [5.41, 5.74) is 3.85. The summed E-state index contributed by atoms with van der Waals surface area (Å²) in [6.07, 6.45) is 2.92. The SMILES string of the molecule is CNCCC(=O)N(Cc1ccc(C)c(C)c1)C1CC1. The molecular formula is C16H24N2O. The van der Waals surface area contributed by atoms with Crippen LogP contribution in [0.3, 0.4) is 0 Å². The Morgan fingerprint density at radius 2 is 2.05 bits per heavy atom. The Morgan fingerprint density at radius 3 is 2.63 bits per heavy atom. The average molecular weight is 260 g/mol. The number of hydrogen-bond donors (Lipinski definition) is 1. The van der Waals surface area contributed by atoms with Crippen LogP contribution in [0, 0.1) is 13.8 Å². The summed E-state index contributed by atoms with van der Waals surface area (Å²) in [6, 6.07) is 6.97. The van der Waals surface area contributed by atoms with Gasteiger partial charge in [0.15, 0.2) is 0 Å². The molecule has 0 aromatic heterocycles. The highest BCUT2D eigenvalue weighted by atomic mass is 16.2. The predicted octanol–water partition coefficient (Wildman–Crippen LogP) is 2.40. The smallest absolute Gasteiger partial charge is 0.224 e. The van der Waals surface area contributed by atoms with Gasteiger partial charge in [-0.3, -0.25) is 4.79 Å². The van der Waals surface area contributed by atoms with E-state index in [1.54, 1.807) is 0 Å². The maximum absolute atomic E-state index is 12.2. The molecule has 0 aliphatic heterocycles. The second-order valence-corrected chi connectivity index (χ2v) is 5.52. The van der Waals surface area contributed by atoms with Crippen LogP contribution >= 0.6 is 0 Å². The highest BCUT2D eigenvalue weighted by Crippen LogP contribution is 2.29. The molecule has 0 spiro atoms. The Bertz CT molecular complexity index is 452. The van der Waals surface area contributed by atoms with Crippen molar-refractivity contribution in [3.63, 3.8) is 0 Å². The van der Waals surface area contributed by atoms with Crippen LogP contribution < -0.4 is 5.32 Å². The fourth-order valence-corrected chi connectivity index (χ4v) is 2.28. The van der Waals surface area contributed by atoms with Gasteiger partial charge in [-0.25, -0.2) is 0 Å². The number of amides is 1. The molecule has 1 aliphatic carbocycles. The van der Waals surface area contributed by atoms with Crippen LogP contribution in [0.1, 0.15) is 36.0 Å². The zero-order chi connectivity index (χ0) is 13.8. The van der Waals surface area contributed by atoms with Crippen molar-refractivity contribution in [2.24, 2.45) is 0 Å². The molecule has 1 fully saturated rings. The van der Waals surface area contributed by atoms with Crippen molar-refractivity contribution in [2.75, 3.05) is 13.6 Å². The largest absolute Gasteiger partial charge is 0.335 e. The van der Waals surface area contributed by atoms with Crippen LogP contribution in [0.15, 0.2) is 18.2 Å². The van der Waals surface area contributed by atoms with E-state index in [0.717, 1.165) is 25.9 Å². The molecule has 1 aromatic rings. The number of carbonyl (C=O) groups is 1. The number of nitrogens with zero attached hydrogens (tertiary/aromatic N) is 1. The summed E-state index contributed by atoms with van der Waals surface area (Å²) in [6.45, 7) is 5.77. The van der Waals surface area contributed by atoms with Gasteiger partial charge < -0.3 is 10.2 Å². The first-order valence-electron chi connectivity index (χ1n) is 7.12. The molecule has 104 valence electrons. The lowest BCUT2D eigenvalue weighted by atomic mass is 10.1. The third kappa shape index (κ3) is 3.80. The van der Waals surface area contributed by atoms with Gasteiger partial charge in [0, 0.05) is 25.6 Å². The lowest BCUT2D eigenvalue weighted by Gasteiger charge is -2.23. The van der Waals surface area contributed by atoms with Gasteiger partial charge in [-0.05, 0) is 50.4 Å². The minimum atomic E-state index is 0.273. The van der Waals surface area contributed by atoms with Gasteiger partial charge in [0.2, 0.25) is 5.91 Å².